The molecule has 8 nitrogen and oxygen atoms in total. The van der Waals surface area contributed by atoms with E-state index < -0.39 is 0 Å². The van der Waals surface area contributed by atoms with E-state index in [2.05, 4.69) is 33.3 Å². The Kier molecular flexibility index (Phi) is 5.45. The molecule has 1 aromatic carbocycles. The van der Waals surface area contributed by atoms with Crippen LogP contribution in [0.2, 0.25) is 0 Å². The maximum atomic E-state index is 13.3. The predicted octanol–water partition coefficient (Wildman–Crippen LogP) is 3.73. The summed E-state index contributed by atoms with van der Waals surface area (Å²) in [6, 6.07) is 4.24. The Hall–Kier alpha value is -3.04. The minimum absolute atomic E-state index is 0.0153. The molecule has 176 valence electrons. The molecule has 4 heterocycles. The molecule has 9 heteroatoms. The number of benzene rings is 1. The van der Waals surface area contributed by atoms with Crippen molar-refractivity contribution < 1.29 is 14.3 Å². The highest BCUT2D eigenvalue weighted by atomic mass is 32.1. The molecule has 6 rings (SSSR count). The molecule has 1 N–H and O–H groups in total. The van der Waals surface area contributed by atoms with E-state index in [0.717, 1.165) is 57.9 Å². The number of nitrogens with zero attached hydrogens (tertiary/aromatic N) is 4. The molecule has 2 aromatic heterocycles. The number of ether oxygens (including phenoxy) is 2. The minimum Gasteiger partial charge on any atom is -0.495 e. The van der Waals surface area contributed by atoms with Crippen LogP contribution in [0.4, 0.5) is 11.5 Å². The maximum Gasteiger partial charge on any atom is 0.226 e. The number of morpholine rings is 1. The van der Waals surface area contributed by atoms with Crippen LogP contribution in [0.5, 0.6) is 5.75 Å². The number of thiophene rings is 1. The summed E-state index contributed by atoms with van der Waals surface area (Å²) in [5, 5.41) is 4.56. The smallest absolute Gasteiger partial charge is 0.226 e. The molecule has 3 aromatic rings. The summed E-state index contributed by atoms with van der Waals surface area (Å²) >= 11 is 1.68. The van der Waals surface area contributed by atoms with Crippen molar-refractivity contribution in [3.63, 3.8) is 0 Å². The van der Waals surface area contributed by atoms with Crippen LogP contribution >= 0.6 is 11.3 Å². The van der Waals surface area contributed by atoms with Gasteiger partial charge in [-0.25, -0.2) is 9.97 Å². The van der Waals surface area contributed by atoms with Gasteiger partial charge in [-0.3, -0.25) is 9.79 Å². The molecule has 0 radical (unpaired) electrons. The van der Waals surface area contributed by atoms with Gasteiger partial charge in [0.05, 0.1) is 44.0 Å². The van der Waals surface area contributed by atoms with Gasteiger partial charge in [0.25, 0.3) is 0 Å². The van der Waals surface area contributed by atoms with Crippen molar-refractivity contribution in [1.82, 2.24) is 14.9 Å². The number of fused-ring (bicyclic) bond motifs is 4. The van der Waals surface area contributed by atoms with E-state index in [1.54, 1.807) is 24.8 Å². The molecule has 1 amide bonds. The topological polar surface area (TPSA) is 88.9 Å². The summed E-state index contributed by atoms with van der Waals surface area (Å²) in [4.78, 5) is 31.0. The van der Waals surface area contributed by atoms with Crippen LogP contribution in [0, 0.1) is 5.92 Å². The largest absolute Gasteiger partial charge is 0.495 e. The molecule has 3 aliphatic rings. The molecule has 0 saturated carbocycles. The van der Waals surface area contributed by atoms with Gasteiger partial charge in [0.2, 0.25) is 5.91 Å². The monoisotopic (exact) mass is 477 g/mol. The third-order valence-electron chi connectivity index (χ3n) is 7.05. The lowest BCUT2D eigenvalue weighted by atomic mass is 9.86. The maximum absolute atomic E-state index is 13.3. The summed E-state index contributed by atoms with van der Waals surface area (Å²) in [7, 11) is 1.68. The van der Waals surface area contributed by atoms with Crippen LogP contribution < -0.4 is 10.1 Å². The van der Waals surface area contributed by atoms with Gasteiger partial charge in [-0.1, -0.05) is 0 Å². The van der Waals surface area contributed by atoms with E-state index in [-0.39, 0.29) is 17.9 Å². The predicted molar refractivity (Wildman–Crippen MR) is 132 cm³/mol. The zero-order valence-electron chi connectivity index (χ0n) is 19.3. The molecule has 1 fully saturated rings. The molecule has 1 saturated heterocycles. The van der Waals surface area contributed by atoms with E-state index in [0.29, 0.717) is 26.3 Å². The van der Waals surface area contributed by atoms with Crippen molar-refractivity contribution in [3.05, 3.63) is 40.0 Å². The molecule has 2 aliphatic heterocycles. The number of aliphatic imine (C=N–C) groups is 1. The van der Waals surface area contributed by atoms with E-state index in [4.69, 9.17) is 9.47 Å². The van der Waals surface area contributed by atoms with Crippen LogP contribution in [0.25, 0.3) is 10.2 Å². The number of amides is 1. The van der Waals surface area contributed by atoms with Crippen molar-refractivity contribution in [2.45, 2.75) is 38.8 Å². The molecule has 0 bridgehead atoms. The lowest BCUT2D eigenvalue weighted by Crippen LogP contribution is -2.50. The van der Waals surface area contributed by atoms with Crippen molar-refractivity contribution >= 4 is 45.2 Å². The van der Waals surface area contributed by atoms with Gasteiger partial charge in [-0.2, -0.15) is 0 Å². The number of aromatic nitrogens is 2. The Balaban J connectivity index is 1.31. The summed E-state index contributed by atoms with van der Waals surface area (Å²) in [5.74, 6) is 1.82. The van der Waals surface area contributed by atoms with Gasteiger partial charge in [-0.05, 0) is 55.0 Å². The molecular weight excluding hydrogens is 450 g/mol. The van der Waals surface area contributed by atoms with Gasteiger partial charge < -0.3 is 19.7 Å². The van der Waals surface area contributed by atoms with E-state index in [9.17, 15) is 4.79 Å². The fourth-order valence-electron chi connectivity index (χ4n) is 5.24. The Morgan fingerprint density at radius 3 is 3.09 bits per heavy atom. The van der Waals surface area contributed by atoms with Gasteiger partial charge >= 0.3 is 0 Å². The van der Waals surface area contributed by atoms with E-state index >= 15 is 0 Å². The number of rotatable bonds is 4. The number of hydrogen-bond donors (Lipinski definition) is 1. The van der Waals surface area contributed by atoms with Crippen molar-refractivity contribution in [1.29, 1.82) is 0 Å². The van der Waals surface area contributed by atoms with Crippen molar-refractivity contribution in [3.8, 4) is 5.75 Å². The van der Waals surface area contributed by atoms with Crippen LogP contribution in [-0.2, 0) is 28.9 Å². The first-order valence-electron chi connectivity index (χ1n) is 11.7. The van der Waals surface area contributed by atoms with Crippen LogP contribution in [0.15, 0.2) is 23.5 Å². The highest BCUT2D eigenvalue weighted by Gasteiger charge is 2.34. The number of aryl methyl sites for hydroxylation is 1. The van der Waals surface area contributed by atoms with Crippen LogP contribution in [0.1, 0.15) is 34.9 Å². The third-order valence-corrected chi connectivity index (χ3v) is 8.21. The molecule has 2 atom stereocenters. The number of carbonyl (C=O) groups excluding carboxylic acids is 1. The van der Waals surface area contributed by atoms with Gasteiger partial charge in [0, 0.05) is 23.6 Å². The lowest BCUT2D eigenvalue weighted by Gasteiger charge is -2.36. The molecule has 0 spiro atoms. The first kappa shape index (κ1) is 21.5. The van der Waals surface area contributed by atoms with E-state index in [1.165, 1.54) is 10.4 Å². The number of methoxy groups -OCH3 is 1. The Bertz CT molecular complexity index is 1300. The Morgan fingerprint density at radius 2 is 2.24 bits per heavy atom. The summed E-state index contributed by atoms with van der Waals surface area (Å²) in [6.07, 6.45) is 5.95. The standard InChI is InChI=1S/C25H27N5O3S/c1-14-12-33-6-5-30(14)25(31)15-3-4-18-21(9-15)34-24-22(18)23(27-13-28-24)29-19-7-16-10-26-11-17(16)8-20(19)32-2/h7-8,10,13-15H,3-6,9,11-12H2,1-2H3,(H,27,28,29)/t14-,15-/m0/s1. The fourth-order valence-corrected chi connectivity index (χ4v) is 6.50. The Labute approximate surface area is 202 Å². The van der Waals surface area contributed by atoms with Crippen LogP contribution in [0.3, 0.4) is 0 Å². The minimum atomic E-state index is 0.0153. The first-order valence-corrected chi connectivity index (χ1v) is 12.5. The molecular formula is C25H27N5O3S. The van der Waals surface area contributed by atoms with Crippen molar-refractivity contribution in [2.24, 2.45) is 10.9 Å². The SMILES string of the molecule is COc1cc2c(cc1Nc1ncnc3sc4c(c13)CC[C@H](C(=O)N1CCOC[C@@H]1C)C4)C=NC2. The number of hydrogen-bond acceptors (Lipinski definition) is 8. The van der Waals surface area contributed by atoms with Gasteiger partial charge in [0.1, 0.15) is 22.7 Å². The molecule has 34 heavy (non-hydrogen) atoms. The number of nitrogens with one attached hydrogen (secondary N) is 1. The highest BCUT2D eigenvalue weighted by Crippen LogP contribution is 2.42. The fraction of sp³-hybridized carbons (Fsp3) is 0.440. The summed E-state index contributed by atoms with van der Waals surface area (Å²) in [5.41, 5.74) is 4.39. The summed E-state index contributed by atoms with van der Waals surface area (Å²) in [6.45, 7) is 4.68. The zero-order valence-corrected chi connectivity index (χ0v) is 20.2. The van der Waals surface area contributed by atoms with Gasteiger partial charge in [-0.15, -0.1) is 11.3 Å². The van der Waals surface area contributed by atoms with Crippen LogP contribution in [-0.4, -0.2) is 59.9 Å². The Morgan fingerprint density at radius 1 is 1.32 bits per heavy atom. The summed E-state index contributed by atoms with van der Waals surface area (Å²) < 4.78 is 11.2. The number of anilines is 2. The second kappa shape index (κ2) is 8.63. The van der Waals surface area contributed by atoms with Crippen molar-refractivity contribution in [2.75, 3.05) is 32.2 Å². The average molecular weight is 478 g/mol. The second-order valence-electron chi connectivity index (χ2n) is 9.15. The first-order chi connectivity index (χ1) is 16.6. The average Bonchev–Trinajstić information content (AvgIpc) is 3.47. The third kappa shape index (κ3) is 3.63. The van der Waals surface area contributed by atoms with E-state index in [1.807, 2.05) is 17.2 Å². The highest BCUT2D eigenvalue weighted by molar-refractivity contribution is 7.19. The quantitative estimate of drug-likeness (QED) is 0.616. The van der Waals surface area contributed by atoms with Gasteiger partial charge in [0.15, 0.2) is 0 Å². The number of carbonyl (C=O) groups is 1. The second-order valence-corrected chi connectivity index (χ2v) is 10.2. The molecule has 1 aliphatic carbocycles. The zero-order chi connectivity index (χ0) is 23.2. The lowest BCUT2D eigenvalue weighted by molar-refractivity contribution is -0.143. The normalized spacial score (nSPS) is 21.4. The molecule has 0 unspecified atom stereocenters.